The quantitative estimate of drug-likeness (QED) is 0.536. The molecule has 2 unspecified atom stereocenters. The van der Waals surface area contributed by atoms with E-state index in [4.69, 9.17) is 4.74 Å². The zero-order chi connectivity index (χ0) is 22.4. The molecule has 0 spiro atoms. The van der Waals surface area contributed by atoms with Crippen LogP contribution in [0.1, 0.15) is 53.0 Å². The van der Waals surface area contributed by atoms with Gasteiger partial charge >= 0.3 is 6.09 Å². The van der Waals surface area contributed by atoms with E-state index in [1.165, 1.54) is 0 Å². The molecule has 0 saturated carbocycles. The van der Waals surface area contributed by atoms with Gasteiger partial charge in [0.25, 0.3) is 0 Å². The van der Waals surface area contributed by atoms with Gasteiger partial charge in [-0.2, -0.15) is 0 Å². The monoisotopic (exact) mass is 419 g/mol. The molecule has 1 fully saturated rings. The van der Waals surface area contributed by atoms with Gasteiger partial charge in [0.1, 0.15) is 11.3 Å². The molecule has 1 heterocycles. The molecule has 0 bridgehead atoms. The molecule has 0 aromatic heterocycles. The van der Waals surface area contributed by atoms with Crippen LogP contribution in [0, 0.1) is 5.92 Å². The molecule has 7 heteroatoms. The number of benzene rings is 1. The number of alkyl carbamates (subject to hydrolysis) is 1. The van der Waals surface area contributed by atoms with Crippen molar-refractivity contribution in [3.8, 4) is 0 Å². The minimum Gasteiger partial charge on any atom is -0.444 e. The highest BCUT2D eigenvalue weighted by Crippen LogP contribution is 2.28. The zero-order valence-electron chi connectivity index (χ0n) is 18.9. The SMILES string of the molecule is CC(C)CN(C1CCNC1=O)C(O)(CCNC(=O)OC(C)(C)C)Cc1ccccc1. The summed E-state index contributed by atoms with van der Waals surface area (Å²) in [6.45, 7) is 11.0. The predicted molar refractivity (Wildman–Crippen MR) is 117 cm³/mol. The second-order valence-corrected chi connectivity index (χ2v) is 9.47. The molecule has 0 radical (unpaired) electrons. The van der Waals surface area contributed by atoms with E-state index in [2.05, 4.69) is 24.5 Å². The molecule has 168 valence electrons. The molecule has 30 heavy (non-hydrogen) atoms. The maximum atomic E-state index is 12.5. The Morgan fingerprint density at radius 1 is 1.30 bits per heavy atom. The first-order valence-corrected chi connectivity index (χ1v) is 10.8. The van der Waals surface area contributed by atoms with Crippen molar-refractivity contribution in [3.05, 3.63) is 35.9 Å². The van der Waals surface area contributed by atoms with E-state index in [0.29, 0.717) is 25.9 Å². The van der Waals surface area contributed by atoms with E-state index in [-0.39, 0.29) is 30.8 Å². The standard InChI is InChI=1S/C23H37N3O4/c1-17(2)16-26(19-11-13-24-20(19)27)23(29,15-18-9-7-6-8-10-18)12-14-25-21(28)30-22(3,4)5/h6-10,17,19,29H,11-16H2,1-5H3,(H,24,27)(H,25,28). The lowest BCUT2D eigenvalue weighted by Crippen LogP contribution is -2.59. The Balaban J connectivity index is 2.22. The van der Waals surface area contributed by atoms with Crippen molar-refractivity contribution in [2.45, 2.75) is 71.2 Å². The number of nitrogens with one attached hydrogen (secondary N) is 2. The molecule has 3 N–H and O–H groups in total. The number of rotatable bonds is 9. The van der Waals surface area contributed by atoms with E-state index in [1.807, 2.05) is 35.2 Å². The van der Waals surface area contributed by atoms with Crippen LogP contribution in [0.2, 0.25) is 0 Å². The van der Waals surface area contributed by atoms with Crippen LogP contribution in [-0.4, -0.2) is 59.0 Å². The Kier molecular flexibility index (Phi) is 8.26. The molecule has 1 saturated heterocycles. The maximum absolute atomic E-state index is 12.5. The highest BCUT2D eigenvalue weighted by molar-refractivity contribution is 5.83. The summed E-state index contributed by atoms with van der Waals surface area (Å²) in [4.78, 5) is 26.5. The van der Waals surface area contributed by atoms with Crippen molar-refractivity contribution in [3.63, 3.8) is 0 Å². The highest BCUT2D eigenvalue weighted by atomic mass is 16.6. The van der Waals surface area contributed by atoms with Crippen molar-refractivity contribution < 1.29 is 19.4 Å². The first-order valence-electron chi connectivity index (χ1n) is 10.8. The van der Waals surface area contributed by atoms with Crippen LogP contribution in [0.5, 0.6) is 0 Å². The molecular weight excluding hydrogens is 382 g/mol. The Bertz CT molecular complexity index is 702. The second kappa shape index (κ2) is 10.3. The first-order chi connectivity index (χ1) is 14.0. The van der Waals surface area contributed by atoms with Gasteiger partial charge in [-0.3, -0.25) is 9.69 Å². The van der Waals surface area contributed by atoms with E-state index in [0.717, 1.165) is 5.56 Å². The number of hydrogen-bond acceptors (Lipinski definition) is 5. The van der Waals surface area contributed by atoms with E-state index >= 15 is 0 Å². The molecular formula is C23H37N3O4. The van der Waals surface area contributed by atoms with Gasteiger partial charge in [-0.15, -0.1) is 0 Å². The van der Waals surface area contributed by atoms with Crippen molar-refractivity contribution >= 4 is 12.0 Å². The van der Waals surface area contributed by atoms with E-state index in [1.54, 1.807) is 20.8 Å². The third-order valence-corrected chi connectivity index (χ3v) is 5.02. The van der Waals surface area contributed by atoms with Gasteiger partial charge in [0.05, 0.1) is 6.04 Å². The molecule has 1 aliphatic heterocycles. The summed E-state index contributed by atoms with van der Waals surface area (Å²) in [5.41, 5.74) is -0.896. The van der Waals surface area contributed by atoms with Crippen molar-refractivity contribution in [1.82, 2.24) is 15.5 Å². The lowest BCUT2D eigenvalue weighted by Gasteiger charge is -2.43. The summed E-state index contributed by atoms with van der Waals surface area (Å²) < 4.78 is 5.30. The third-order valence-electron chi connectivity index (χ3n) is 5.02. The molecule has 2 atom stereocenters. The smallest absolute Gasteiger partial charge is 0.407 e. The van der Waals surface area contributed by atoms with Gasteiger partial charge in [0, 0.05) is 32.5 Å². The Hall–Kier alpha value is -2.12. The van der Waals surface area contributed by atoms with Crippen LogP contribution in [0.15, 0.2) is 30.3 Å². The number of nitrogens with zero attached hydrogens (tertiary/aromatic N) is 1. The zero-order valence-corrected chi connectivity index (χ0v) is 18.9. The lowest BCUT2D eigenvalue weighted by molar-refractivity contribution is -0.152. The Morgan fingerprint density at radius 2 is 1.97 bits per heavy atom. The highest BCUT2D eigenvalue weighted by Gasteiger charge is 2.43. The molecule has 2 amide bonds. The van der Waals surface area contributed by atoms with Crippen LogP contribution >= 0.6 is 0 Å². The summed E-state index contributed by atoms with van der Waals surface area (Å²) >= 11 is 0. The topological polar surface area (TPSA) is 90.9 Å². The average molecular weight is 420 g/mol. The van der Waals surface area contributed by atoms with Crippen molar-refractivity contribution in [1.29, 1.82) is 0 Å². The number of amides is 2. The summed E-state index contributed by atoms with van der Waals surface area (Å²) in [6.07, 6.45) is 0.777. The van der Waals surface area contributed by atoms with E-state index in [9.17, 15) is 14.7 Å². The van der Waals surface area contributed by atoms with Gasteiger partial charge in [-0.05, 0) is 38.7 Å². The van der Waals surface area contributed by atoms with E-state index < -0.39 is 17.4 Å². The normalized spacial score (nSPS) is 18.9. The summed E-state index contributed by atoms with van der Waals surface area (Å²) in [5.74, 6) is 0.210. The molecule has 1 aromatic rings. The minimum absolute atomic E-state index is 0.0535. The Labute approximate surface area is 180 Å². The van der Waals surface area contributed by atoms with Gasteiger partial charge in [-0.25, -0.2) is 4.79 Å². The van der Waals surface area contributed by atoms with Gasteiger partial charge < -0.3 is 20.5 Å². The first kappa shape index (κ1) is 24.2. The molecule has 2 rings (SSSR count). The van der Waals surface area contributed by atoms with Crippen LogP contribution < -0.4 is 10.6 Å². The largest absolute Gasteiger partial charge is 0.444 e. The minimum atomic E-state index is -1.28. The summed E-state index contributed by atoms with van der Waals surface area (Å²) in [6, 6.07) is 9.35. The summed E-state index contributed by atoms with van der Waals surface area (Å²) in [7, 11) is 0. The average Bonchev–Trinajstić information content (AvgIpc) is 3.04. The van der Waals surface area contributed by atoms with Gasteiger partial charge in [0.15, 0.2) is 0 Å². The van der Waals surface area contributed by atoms with Gasteiger partial charge in [-0.1, -0.05) is 44.2 Å². The van der Waals surface area contributed by atoms with Crippen molar-refractivity contribution in [2.24, 2.45) is 5.92 Å². The van der Waals surface area contributed by atoms with Gasteiger partial charge in [0.2, 0.25) is 5.91 Å². The summed E-state index contributed by atoms with van der Waals surface area (Å²) in [5, 5.41) is 17.5. The molecule has 0 aliphatic carbocycles. The lowest BCUT2D eigenvalue weighted by atomic mass is 9.94. The molecule has 7 nitrogen and oxygen atoms in total. The number of carbonyl (C=O) groups excluding carboxylic acids is 2. The number of hydrogen-bond donors (Lipinski definition) is 3. The fourth-order valence-electron chi connectivity index (χ4n) is 3.79. The van der Waals surface area contributed by atoms with Crippen LogP contribution in [0.4, 0.5) is 4.79 Å². The number of ether oxygens (including phenoxy) is 1. The Morgan fingerprint density at radius 3 is 2.50 bits per heavy atom. The molecule has 1 aromatic carbocycles. The fourth-order valence-corrected chi connectivity index (χ4v) is 3.79. The molecule has 1 aliphatic rings. The number of aliphatic hydroxyl groups is 1. The van der Waals surface area contributed by atoms with Crippen LogP contribution in [0.3, 0.4) is 0 Å². The predicted octanol–water partition coefficient (Wildman–Crippen LogP) is 2.68. The maximum Gasteiger partial charge on any atom is 0.407 e. The van der Waals surface area contributed by atoms with Crippen LogP contribution in [-0.2, 0) is 16.0 Å². The third kappa shape index (κ3) is 7.29. The van der Waals surface area contributed by atoms with Crippen molar-refractivity contribution in [2.75, 3.05) is 19.6 Å². The second-order valence-electron chi connectivity index (χ2n) is 9.47. The van der Waals surface area contributed by atoms with Crippen LogP contribution in [0.25, 0.3) is 0 Å². The fraction of sp³-hybridized carbons (Fsp3) is 0.652. The number of carbonyl (C=O) groups is 2.